The molecule has 0 aliphatic heterocycles. The zero-order valence-corrected chi connectivity index (χ0v) is 23.4. The van der Waals surface area contributed by atoms with Gasteiger partial charge in [-0.05, 0) is 106 Å². The molecule has 5 aliphatic carbocycles. The van der Waals surface area contributed by atoms with Crippen molar-refractivity contribution in [1.82, 2.24) is 20.9 Å². The van der Waals surface area contributed by atoms with Gasteiger partial charge in [0.1, 0.15) is 23.1 Å². The summed E-state index contributed by atoms with van der Waals surface area (Å²) in [6.45, 7) is 4.43. The van der Waals surface area contributed by atoms with Crippen LogP contribution in [0.2, 0.25) is 0 Å². The molecule has 2 aromatic rings. The number of hydrogen-bond acceptors (Lipinski definition) is 5. The largest absolute Gasteiger partial charge is 0.486 e. The number of hydrogen-bond donors (Lipinski definition) is 3. The standard InChI is InChI=1S/C30H40N4O3S/c1-18-7-19(2)9-23(8-18)37-16-27-31-26(17-38-27)28(35)32-24-5-3-4-6-25(24)33-29(36)34-30-13-20-10-21(14-30)12-22(11-20)15-30/h7-9,17,20-22,24-25H,3-6,10-16H2,1-2H3,(H,32,35)(H2,33,34,36). The predicted octanol–water partition coefficient (Wildman–Crippen LogP) is 5.65. The van der Waals surface area contributed by atoms with E-state index < -0.39 is 0 Å². The maximum atomic E-state index is 13.2. The fourth-order valence-corrected chi connectivity index (χ4v) is 8.76. The van der Waals surface area contributed by atoms with Crippen molar-refractivity contribution in [2.75, 3.05) is 0 Å². The van der Waals surface area contributed by atoms with E-state index in [1.54, 1.807) is 5.38 Å². The van der Waals surface area contributed by atoms with E-state index in [4.69, 9.17) is 4.74 Å². The molecular formula is C30H40N4O3S. The van der Waals surface area contributed by atoms with Crippen LogP contribution in [-0.2, 0) is 6.61 Å². The molecule has 1 heterocycles. The van der Waals surface area contributed by atoms with Crippen molar-refractivity contribution in [3.8, 4) is 5.75 Å². The number of thiazole rings is 1. The first kappa shape index (κ1) is 25.7. The SMILES string of the molecule is Cc1cc(C)cc(OCc2nc(C(=O)NC3CCCCC3NC(=O)NC34CC5CC(CC(C5)C3)C4)cs2)c1. The molecule has 3 N–H and O–H groups in total. The van der Waals surface area contributed by atoms with E-state index in [-0.39, 0.29) is 29.6 Å². The number of nitrogens with zero attached hydrogens (tertiary/aromatic N) is 1. The number of ether oxygens (including phenoxy) is 1. The Morgan fingerprint density at radius 3 is 2.18 bits per heavy atom. The Labute approximate surface area is 229 Å². The molecule has 5 saturated carbocycles. The summed E-state index contributed by atoms with van der Waals surface area (Å²) in [5, 5.41) is 12.4. The fourth-order valence-electron chi connectivity index (χ4n) is 8.07. The summed E-state index contributed by atoms with van der Waals surface area (Å²) in [6.07, 6.45) is 11.3. The summed E-state index contributed by atoms with van der Waals surface area (Å²) < 4.78 is 5.92. The van der Waals surface area contributed by atoms with Gasteiger partial charge in [-0.1, -0.05) is 18.9 Å². The molecule has 5 aliphatic rings. The van der Waals surface area contributed by atoms with Crippen LogP contribution in [0.3, 0.4) is 0 Å². The number of urea groups is 1. The number of nitrogens with one attached hydrogen (secondary N) is 3. The first-order valence-electron chi connectivity index (χ1n) is 14.4. The Bertz CT molecular complexity index is 1140. The molecule has 0 spiro atoms. The summed E-state index contributed by atoms with van der Waals surface area (Å²) in [4.78, 5) is 30.8. The molecule has 5 fully saturated rings. The lowest BCUT2D eigenvalue weighted by atomic mass is 9.53. The van der Waals surface area contributed by atoms with E-state index in [9.17, 15) is 9.59 Å². The predicted molar refractivity (Wildman–Crippen MR) is 148 cm³/mol. The minimum Gasteiger partial charge on any atom is -0.486 e. The van der Waals surface area contributed by atoms with E-state index in [2.05, 4.69) is 27.0 Å². The summed E-state index contributed by atoms with van der Waals surface area (Å²) in [5.41, 5.74) is 2.71. The van der Waals surface area contributed by atoms with Gasteiger partial charge in [0.25, 0.3) is 5.91 Å². The number of aromatic nitrogens is 1. The van der Waals surface area contributed by atoms with Crippen LogP contribution in [0.4, 0.5) is 4.79 Å². The summed E-state index contributed by atoms with van der Waals surface area (Å²) >= 11 is 1.43. The molecule has 2 unspecified atom stereocenters. The van der Waals surface area contributed by atoms with E-state index in [1.807, 2.05) is 26.0 Å². The average molecular weight is 537 g/mol. The van der Waals surface area contributed by atoms with Crippen molar-refractivity contribution in [2.45, 2.75) is 102 Å². The molecular weight excluding hydrogens is 496 g/mol. The normalized spacial score (nSPS) is 31.6. The Kier molecular flexibility index (Phi) is 7.10. The van der Waals surface area contributed by atoms with Gasteiger partial charge in [-0.3, -0.25) is 4.79 Å². The first-order chi connectivity index (χ1) is 18.3. The van der Waals surface area contributed by atoms with Crippen LogP contribution in [0.5, 0.6) is 5.75 Å². The number of aryl methyl sites for hydroxylation is 2. The van der Waals surface area contributed by atoms with E-state index in [0.29, 0.717) is 12.3 Å². The van der Waals surface area contributed by atoms with Crippen LogP contribution in [0, 0.1) is 31.6 Å². The van der Waals surface area contributed by atoms with Gasteiger partial charge in [0.05, 0.1) is 6.04 Å². The number of carbonyl (C=O) groups excluding carboxylic acids is 2. The molecule has 1 aromatic carbocycles. The highest BCUT2D eigenvalue weighted by atomic mass is 32.1. The topological polar surface area (TPSA) is 92.3 Å². The lowest BCUT2D eigenvalue weighted by molar-refractivity contribution is -0.0138. The summed E-state index contributed by atoms with van der Waals surface area (Å²) in [5.74, 6) is 3.00. The second-order valence-electron chi connectivity index (χ2n) is 12.5. The van der Waals surface area contributed by atoms with Crippen molar-refractivity contribution in [3.63, 3.8) is 0 Å². The maximum Gasteiger partial charge on any atom is 0.315 e. The number of carbonyl (C=O) groups is 2. The molecule has 2 atom stereocenters. The highest BCUT2D eigenvalue weighted by molar-refractivity contribution is 7.09. The van der Waals surface area contributed by atoms with Crippen molar-refractivity contribution in [2.24, 2.45) is 17.8 Å². The van der Waals surface area contributed by atoms with Crippen LogP contribution < -0.4 is 20.7 Å². The lowest BCUT2D eigenvalue weighted by Crippen LogP contribution is -2.63. The van der Waals surface area contributed by atoms with Gasteiger partial charge in [0.2, 0.25) is 0 Å². The molecule has 7 nitrogen and oxygen atoms in total. The Morgan fingerprint density at radius 1 is 0.947 bits per heavy atom. The van der Waals surface area contributed by atoms with E-state index >= 15 is 0 Å². The zero-order valence-electron chi connectivity index (χ0n) is 22.6. The highest BCUT2D eigenvalue weighted by Crippen LogP contribution is 2.55. The number of benzene rings is 1. The van der Waals surface area contributed by atoms with Gasteiger partial charge < -0.3 is 20.7 Å². The van der Waals surface area contributed by atoms with Gasteiger partial charge in [-0.2, -0.15) is 0 Å². The highest BCUT2D eigenvalue weighted by Gasteiger charge is 2.51. The van der Waals surface area contributed by atoms with E-state index in [0.717, 1.165) is 84.6 Å². The maximum absolute atomic E-state index is 13.2. The Balaban J connectivity index is 1.03. The Morgan fingerprint density at radius 2 is 1.55 bits per heavy atom. The second kappa shape index (κ2) is 10.5. The minimum absolute atomic E-state index is 0.0115. The van der Waals surface area contributed by atoms with Gasteiger partial charge in [-0.25, -0.2) is 9.78 Å². The monoisotopic (exact) mass is 536 g/mol. The molecule has 1 aromatic heterocycles. The molecule has 3 amide bonds. The Hall–Kier alpha value is -2.61. The molecule has 0 radical (unpaired) electrons. The van der Waals surface area contributed by atoms with Gasteiger partial charge in [-0.15, -0.1) is 11.3 Å². The summed E-state index contributed by atoms with van der Waals surface area (Å²) in [6, 6.07) is 5.91. The van der Waals surface area contributed by atoms with Crippen molar-refractivity contribution in [1.29, 1.82) is 0 Å². The molecule has 0 saturated heterocycles. The van der Waals surface area contributed by atoms with Crippen molar-refractivity contribution >= 4 is 23.3 Å². The molecule has 7 rings (SSSR count). The van der Waals surface area contributed by atoms with Crippen LogP contribution in [0.25, 0.3) is 0 Å². The van der Waals surface area contributed by atoms with Crippen molar-refractivity contribution in [3.05, 3.63) is 45.4 Å². The second-order valence-corrected chi connectivity index (χ2v) is 13.4. The minimum atomic E-state index is -0.181. The molecule has 204 valence electrons. The van der Waals surface area contributed by atoms with Gasteiger partial charge in [0, 0.05) is 17.0 Å². The van der Waals surface area contributed by atoms with Crippen LogP contribution in [0.15, 0.2) is 23.6 Å². The number of amides is 3. The average Bonchev–Trinajstić information content (AvgIpc) is 3.31. The quantitative estimate of drug-likeness (QED) is 0.427. The third kappa shape index (κ3) is 5.70. The molecule has 8 heteroatoms. The van der Waals surface area contributed by atoms with Gasteiger partial charge >= 0.3 is 6.03 Å². The first-order valence-corrected chi connectivity index (χ1v) is 15.3. The smallest absolute Gasteiger partial charge is 0.315 e. The van der Waals surface area contributed by atoms with Crippen LogP contribution in [-0.4, -0.2) is 34.5 Å². The third-order valence-corrected chi connectivity index (χ3v) is 9.98. The van der Waals surface area contributed by atoms with Crippen LogP contribution >= 0.6 is 11.3 Å². The van der Waals surface area contributed by atoms with Gasteiger partial charge in [0.15, 0.2) is 0 Å². The molecule has 38 heavy (non-hydrogen) atoms. The summed E-state index contributed by atoms with van der Waals surface area (Å²) in [7, 11) is 0. The fraction of sp³-hybridized carbons (Fsp3) is 0.633. The van der Waals surface area contributed by atoms with Crippen molar-refractivity contribution < 1.29 is 14.3 Å². The zero-order chi connectivity index (χ0) is 26.3. The lowest BCUT2D eigenvalue weighted by Gasteiger charge is -2.56. The number of rotatable bonds is 7. The van der Waals surface area contributed by atoms with Crippen LogP contribution in [0.1, 0.15) is 90.8 Å². The van der Waals surface area contributed by atoms with E-state index in [1.165, 1.54) is 30.6 Å². The molecule has 4 bridgehead atoms. The third-order valence-electron chi connectivity index (χ3n) is 9.16.